The van der Waals surface area contributed by atoms with E-state index in [1.807, 2.05) is 0 Å². The highest BCUT2D eigenvalue weighted by Crippen LogP contribution is 2.16. The average Bonchev–Trinajstić information content (AvgIpc) is 2.71. The van der Waals surface area contributed by atoms with Crippen LogP contribution in [0.3, 0.4) is 0 Å². The highest BCUT2D eigenvalue weighted by Gasteiger charge is 2.12. The zero-order chi connectivity index (χ0) is 10.8. The molecule has 0 saturated carbocycles. The van der Waals surface area contributed by atoms with Crippen LogP contribution in [0.5, 0.6) is 0 Å². The summed E-state index contributed by atoms with van der Waals surface area (Å²) in [4.78, 5) is 18.9. The lowest BCUT2D eigenvalue weighted by molar-refractivity contribution is 0.0689. The number of carbonyl (C=O) groups is 1. The number of nitrogens with zero attached hydrogens (tertiary/aromatic N) is 3. The molecule has 0 saturated heterocycles. The molecule has 6 heteroatoms. The summed E-state index contributed by atoms with van der Waals surface area (Å²) in [6.45, 7) is 1.67. The van der Waals surface area contributed by atoms with Crippen molar-refractivity contribution in [3.8, 4) is 11.4 Å². The second-order valence-electron chi connectivity index (χ2n) is 2.94. The first-order chi connectivity index (χ1) is 7.18. The van der Waals surface area contributed by atoms with Gasteiger partial charge in [-0.1, -0.05) is 0 Å². The van der Waals surface area contributed by atoms with Crippen LogP contribution in [0.25, 0.3) is 11.4 Å². The summed E-state index contributed by atoms with van der Waals surface area (Å²) in [6.07, 6.45) is 3.12. The van der Waals surface area contributed by atoms with Gasteiger partial charge in [-0.3, -0.25) is 0 Å². The van der Waals surface area contributed by atoms with E-state index in [-0.39, 0.29) is 5.69 Å². The van der Waals surface area contributed by atoms with Crippen LogP contribution in [0.2, 0.25) is 0 Å². The number of rotatable bonds is 2. The molecule has 0 aliphatic heterocycles. The van der Waals surface area contributed by atoms with Gasteiger partial charge < -0.3 is 5.11 Å². The minimum absolute atomic E-state index is 0.0335. The zero-order valence-electron chi connectivity index (χ0n) is 7.84. The molecule has 0 fully saturated rings. The summed E-state index contributed by atoms with van der Waals surface area (Å²) >= 11 is 1.28. The van der Waals surface area contributed by atoms with Gasteiger partial charge in [0.05, 0.1) is 6.20 Å². The van der Waals surface area contributed by atoms with E-state index >= 15 is 0 Å². The third-order valence-corrected chi connectivity index (χ3v) is 2.45. The summed E-state index contributed by atoms with van der Waals surface area (Å²) in [7, 11) is 0. The van der Waals surface area contributed by atoms with Crippen molar-refractivity contribution in [3.05, 3.63) is 29.0 Å². The Morgan fingerprint density at radius 1 is 1.47 bits per heavy atom. The number of hydrogen-bond donors (Lipinski definition) is 1. The van der Waals surface area contributed by atoms with Crippen LogP contribution in [-0.4, -0.2) is 25.4 Å². The molecule has 0 spiro atoms. The quantitative estimate of drug-likeness (QED) is 0.833. The van der Waals surface area contributed by atoms with Crippen molar-refractivity contribution < 1.29 is 9.90 Å². The van der Waals surface area contributed by atoms with E-state index in [1.165, 1.54) is 17.7 Å². The van der Waals surface area contributed by atoms with Gasteiger partial charge in [0.2, 0.25) is 0 Å². The average molecular weight is 221 g/mol. The van der Waals surface area contributed by atoms with Crippen LogP contribution in [0.15, 0.2) is 17.8 Å². The van der Waals surface area contributed by atoms with Crippen molar-refractivity contribution in [2.45, 2.75) is 6.92 Å². The maximum absolute atomic E-state index is 10.8. The van der Waals surface area contributed by atoms with Gasteiger partial charge in [0.1, 0.15) is 0 Å². The Bertz CT molecular complexity index is 496. The lowest BCUT2D eigenvalue weighted by Crippen LogP contribution is -2.05. The number of aromatic nitrogens is 3. The van der Waals surface area contributed by atoms with Crippen molar-refractivity contribution >= 4 is 17.5 Å². The third-order valence-electron chi connectivity index (χ3n) is 1.86. The number of carboxylic acids is 1. The third kappa shape index (κ3) is 1.84. The van der Waals surface area contributed by atoms with E-state index < -0.39 is 5.97 Å². The monoisotopic (exact) mass is 221 g/mol. The molecule has 2 aromatic rings. The van der Waals surface area contributed by atoms with Crippen LogP contribution in [0.1, 0.15) is 16.1 Å². The molecular weight excluding hydrogens is 214 g/mol. The molecule has 0 aliphatic carbocycles. The molecule has 0 aromatic carbocycles. The second kappa shape index (κ2) is 3.74. The topological polar surface area (TPSA) is 76.0 Å². The molecule has 1 N–H and O–H groups in total. The van der Waals surface area contributed by atoms with Gasteiger partial charge in [0.15, 0.2) is 11.5 Å². The van der Waals surface area contributed by atoms with E-state index in [4.69, 9.17) is 5.11 Å². The number of hydrogen-bond acceptors (Lipinski definition) is 5. The Morgan fingerprint density at radius 2 is 2.27 bits per heavy atom. The Balaban J connectivity index is 2.52. The Kier molecular flexibility index (Phi) is 2.42. The van der Waals surface area contributed by atoms with Crippen LogP contribution in [0, 0.1) is 6.92 Å². The van der Waals surface area contributed by atoms with E-state index in [1.54, 1.807) is 18.5 Å². The van der Waals surface area contributed by atoms with Gasteiger partial charge in [-0.05, 0) is 18.5 Å². The van der Waals surface area contributed by atoms with E-state index in [2.05, 4.69) is 14.3 Å². The zero-order valence-corrected chi connectivity index (χ0v) is 8.65. The smallest absolute Gasteiger partial charge is 0.354 e. The highest BCUT2D eigenvalue weighted by molar-refractivity contribution is 7.03. The van der Waals surface area contributed by atoms with Crippen molar-refractivity contribution in [1.82, 2.24) is 14.3 Å². The Morgan fingerprint density at radius 3 is 2.87 bits per heavy atom. The van der Waals surface area contributed by atoms with Crippen LogP contribution < -0.4 is 0 Å². The van der Waals surface area contributed by atoms with Gasteiger partial charge in [-0.2, -0.15) is 0 Å². The van der Waals surface area contributed by atoms with Gasteiger partial charge in [-0.25, -0.2) is 19.1 Å². The predicted molar refractivity (Wildman–Crippen MR) is 54.8 cm³/mol. The standard InChI is InChI=1S/C9H7N3O2S/c1-5-2-10-8(6-3-11-15-4-6)12-7(5)9(13)14/h2-4H,1H3,(H,13,14). The summed E-state index contributed by atoms with van der Waals surface area (Å²) in [5.74, 6) is -0.647. The molecular formula is C9H7N3O2S. The minimum Gasteiger partial charge on any atom is -0.477 e. The molecule has 2 aromatic heterocycles. The van der Waals surface area contributed by atoms with Gasteiger partial charge >= 0.3 is 5.97 Å². The maximum Gasteiger partial charge on any atom is 0.354 e. The molecule has 0 bridgehead atoms. The van der Waals surface area contributed by atoms with Gasteiger partial charge in [-0.15, -0.1) is 0 Å². The predicted octanol–water partition coefficient (Wildman–Crippen LogP) is 1.61. The fraction of sp³-hybridized carbons (Fsp3) is 0.111. The van der Waals surface area contributed by atoms with Crippen molar-refractivity contribution in [1.29, 1.82) is 0 Å². The first kappa shape index (κ1) is 9.72. The van der Waals surface area contributed by atoms with Crippen LogP contribution in [0.4, 0.5) is 0 Å². The van der Waals surface area contributed by atoms with E-state index in [9.17, 15) is 4.79 Å². The van der Waals surface area contributed by atoms with Crippen molar-refractivity contribution in [2.24, 2.45) is 0 Å². The molecule has 5 nitrogen and oxygen atoms in total. The summed E-state index contributed by atoms with van der Waals surface area (Å²) in [5.41, 5.74) is 1.32. The number of carboxylic acid groups (broad SMARTS) is 1. The highest BCUT2D eigenvalue weighted by atomic mass is 32.1. The summed E-state index contributed by atoms with van der Waals surface area (Å²) < 4.78 is 3.91. The molecule has 0 atom stereocenters. The van der Waals surface area contributed by atoms with Gasteiger partial charge in [0.25, 0.3) is 0 Å². The SMILES string of the molecule is Cc1cnc(-c2cnsc2)nc1C(=O)O. The van der Waals surface area contributed by atoms with Gasteiger partial charge in [0, 0.05) is 22.7 Å². The summed E-state index contributed by atoms with van der Waals surface area (Å²) in [5, 5.41) is 10.7. The maximum atomic E-state index is 10.8. The molecule has 0 aliphatic rings. The lowest BCUT2D eigenvalue weighted by atomic mass is 10.2. The first-order valence-corrected chi connectivity index (χ1v) is 4.99. The normalized spacial score (nSPS) is 10.2. The fourth-order valence-electron chi connectivity index (χ4n) is 1.11. The molecule has 0 radical (unpaired) electrons. The second-order valence-corrected chi connectivity index (χ2v) is 3.60. The largest absolute Gasteiger partial charge is 0.477 e. The van der Waals surface area contributed by atoms with Crippen LogP contribution in [-0.2, 0) is 0 Å². The van der Waals surface area contributed by atoms with E-state index in [0.717, 1.165) is 5.56 Å². The molecule has 15 heavy (non-hydrogen) atoms. The molecule has 2 heterocycles. The van der Waals surface area contributed by atoms with Crippen molar-refractivity contribution in [3.63, 3.8) is 0 Å². The Labute approximate surface area is 89.6 Å². The fourth-order valence-corrected chi connectivity index (χ4v) is 1.63. The molecule has 2 rings (SSSR count). The molecule has 0 amide bonds. The molecule has 76 valence electrons. The summed E-state index contributed by atoms with van der Waals surface area (Å²) in [6, 6.07) is 0. The lowest BCUT2D eigenvalue weighted by Gasteiger charge is -2.01. The number of aromatic carboxylic acids is 1. The molecule has 0 unspecified atom stereocenters. The van der Waals surface area contributed by atoms with Crippen LogP contribution >= 0.6 is 11.5 Å². The van der Waals surface area contributed by atoms with Crippen molar-refractivity contribution in [2.75, 3.05) is 0 Å². The minimum atomic E-state index is -1.04. The van der Waals surface area contributed by atoms with E-state index in [0.29, 0.717) is 11.4 Å². The Hall–Kier alpha value is -1.82. The number of aryl methyl sites for hydroxylation is 1. The first-order valence-electron chi connectivity index (χ1n) is 4.15.